The molecule has 1 aromatic carbocycles. The van der Waals surface area contributed by atoms with Crippen LogP contribution in [0.5, 0.6) is 0 Å². The van der Waals surface area contributed by atoms with E-state index in [-0.39, 0.29) is 17.5 Å². The van der Waals surface area contributed by atoms with E-state index in [1.54, 1.807) is 18.2 Å². The fraction of sp³-hybridized carbons (Fsp3) is 0.562. The summed E-state index contributed by atoms with van der Waals surface area (Å²) >= 11 is 0. The zero-order valence-electron chi connectivity index (χ0n) is 11.9. The Morgan fingerprint density at radius 2 is 1.85 bits per heavy atom. The first kappa shape index (κ1) is 13.6. The fourth-order valence-corrected chi connectivity index (χ4v) is 3.66. The van der Waals surface area contributed by atoms with Crippen LogP contribution < -0.4 is 0 Å². The van der Waals surface area contributed by atoms with Crippen LogP contribution in [0.25, 0.3) is 0 Å². The van der Waals surface area contributed by atoms with Crippen molar-refractivity contribution in [2.24, 2.45) is 0 Å². The number of halogens is 1. The predicted octanol–water partition coefficient (Wildman–Crippen LogP) is 2.52. The SMILES string of the molecule is CN1CCC[C@@H]1[C@H]1CCCN1C(=O)c1ccccc1F. The largest absolute Gasteiger partial charge is 0.334 e. The monoisotopic (exact) mass is 276 g/mol. The lowest BCUT2D eigenvalue weighted by Crippen LogP contribution is -2.47. The molecule has 3 nitrogen and oxygen atoms in total. The Balaban J connectivity index is 1.82. The summed E-state index contributed by atoms with van der Waals surface area (Å²) in [7, 11) is 2.13. The van der Waals surface area contributed by atoms with Crippen molar-refractivity contribution in [3.63, 3.8) is 0 Å². The van der Waals surface area contributed by atoms with Gasteiger partial charge in [-0.3, -0.25) is 4.79 Å². The lowest BCUT2D eigenvalue weighted by Gasteiger charge is -2.33. The van der Waals surface area contributed by atoms with Crippen LogP contribution in [-0.4, -0.2) is 47.9 Å². The summed E-state index contributed by atoms with van der Waals surface area (Å²) in [6, 6.07) is 6.98. The van der Waals surface area contributed by atoms with Crippen LogP contribution in [0.2, 0.25) is 0 Å². The highest BCUT2D eigenvalue weighted by Gasteiger charge is 2.39. The van der Waals surface area contributed by atoms with Gasteiger partial charge in [-0.15, -0.1) is 0 Å². The van der Waals surface area contributed by atoms with Gasteiger partial charge in [-0.1, -0.05) is 12.1 Å². The van der Waals surface area contributed by atoms with Crippen molar-refractivity contribution in [3.05, 3.63) is 35.6 Å². The van der Waals surface area contributed by atoms with Gasteiger partial charge in [0, 0.05) is 18.6 Å². The molecule has 20 heavy (non-hydrogen) atoms. The van der Waals surface area contributed by atoms with E-state index in [1.165, 1.54) is 12.5 Å². The van der Waals surface area contributed by atoms with Crippen LogP contribution in [-0.2, 0) is 0 Å². The van der Waals surface area contributed by atoms with Crippen molar-refractivity contribution in [2.75, 3.05) is 20.1 Å². The minimum Gasteiger partial charge on any atom is -0.334 e. The molecule has 1 amide bonds. The molecule has 0 aromatic heterocycles. The molecule has 2 aliphatic heterocycles. The maximum Gasteiger partial charge on any atom is 0.257 e. The molecule has 108 valence electrons. The Bertz CT molecular complexity index is 505. The lowest BCUT2D eigenvalue weighted by atomic mass is 10.0. The second-order valence-corrected chi connectivity index (χ2v) is 5.88. The summed E-state index contributed by atoms with van der Waals surface area (Å²) in [5.41, 5.74) is 0.208. The molecule has 0 N–H and O–H groups in total. The molecule has 0 aliphatic carbocycles. The highest BCUT2D eigenvalue weighted by Crippen LogP contribution is 2.30. The number of likely N-dealkylation sites (N-methyl/N-ethyl adjacent to an activating group) is 1. The van der Waals surface area contributed by atoms with Gasteiger partial charge in [0.2, 0.25) is 0 Å². The molecule has 0 saturated carbocycles. The van der Waals surface area contributed by atoms with Gasteiger partial charge in [0.1, 0.15) is 5.82 Å². The van der Waals surface area contributed by atoms with Gasteiger partial charge in [0.25, 0.3) is 5.91 Å². The van der Waals surface area contributed by atoms with Gasteiger partial charge in [-0.05, 0) is 51.4 Å². The van der Waals surface area contributed by atoms with Crippen LogP contribution >= 0.6 is 0 Å². The number of carbonyl (C=O) groups is 1. The normalized spacial score (nSPS) is 27.2. The van der Waals surface area contributed by atoms with Crippen molar-refractivity contribution in [2.45, 2.75) is 37.8 Å². The van der Waals surface area contributed by atoms with Gasteiger partial charge >= 0.3 is 0 Å². The molecule has 0 bridgehead atoms. The zero-order chi connectivity index (χ0) is 14.1. The molecule has 2 saturated heterocycles. The van der Waals surface area contributed by atoms with E-state index < -0.39 is 5.82 Å². The molecule has 0 spiro atoms. The molecule has 0 radical (unpaired) electrons. The van der Waals surface area contributed by atoms with Crippen molar-refractivity contribution < 1.29 is 9.18 Å². The Kier molecular flexibility index (Phi) is 3.74. The van der Waals surface area contributed by atoms with Crippen LogP contribution in [0.4, 0.5) is 4.39 Å². The Morgan fingerprint density at radius 1 is 1.15 bits per heavy atom. The van der Waals surface area contributed by atoms with Gasteiger partial charge < -0.3 is 9.80 Å². The Morgan fingerprint density at radius 3 is 2.55 bits per heavy atom. The molecule has 0 unspecified atom stereocenters. The Labute approximate surface area is 119 Å². The van der Waals surface area contributed by atoms with Gasteiger partial charge in [-0.2, -0.15) is 0 Å². The standard InChI is InChI=1S/C16H21FN2O/c1-18-10-4-8-14(18)15-9-5-11-19(15)16(20)12-6-2-3-7-13(12)17/h2-3,6-7,14-15H,4-5,8-11H2,1H3/t14-,15-/m1/s1. The number of rotatable bonds is 2. The van der Waals surface area contributed by atoms with Crippen molar-refractivity contribution in [1.29, 1.82) is 0 Å². The van der Waals surface area contributed by atoms with Crippen LogP contribution in [0.3, 0.4) is 0 Å². The van der Waals surface area contributed by atoms with Crippen molar-refractivity contribution in [1.82, 2.24) is 9.80 Å². The molecule has 3 rings (SSSR count). The van der Waals surface area contributed by atoms with E-state index >= 15 is 0 Å². The minimum atomic E-state index is -0.414. The number of likely N-dealkylation sites (tertiary alicyclic amines) is 2. The number of amides is 1. The number of hydrogen-bond donors (Lipinski definition) is 0. The average Bonchev–Trinajstić information content (AvgIpc) is 3.06. The van der Waals surface area contributed by atoms with E-state index in [1.807, 2.05) is 4.90 Å². The first-order valence-corrected chi connectivity index (χ1v) is 7.44. The third kappa shape index (κ3) is 2.33. The number of carbonyl (C=O) groups excluding carboxylic acids is 1. The van der Waals surface area contributed by atoms with Gasteiger partial charge in [0.05, 0.1) is 5.56 Å². The summed E-state index contributed by atoms with van der Waals surface area (Å²) in [5.74, 6) is -0.561. The van der Waals surface area contributed by atoms with E-state index in [9.17, 15) is 9.18 Å². The quantitative estimate of drug-likeness (QED) is 0.828. The average molecular weight is 276 g/mol. The number of benzene rings is 1. The lowest BCUT2D eigenvalue weighted by molar-refractivity contribution is 0.0660. The maximum atomic E-state index is 13.8. The van der Waals surface area contributed by atoms with Crippen molar-refractivity contribution in [3.8, 4) is 0 Å². The first-order chi connectivity index (χ1) is 9.68. The van der Waals surface area contributed by atoms with Crippen LogP contribution in [0, 0.1) is 5.82 Å². The van der Waals surface area contributed by atoms with E-state index in [4.69, 9.17) is 0 Å². The smallest absolute Gasteiger partial charge is 0.257 e. The highest BCUT2D eigenvalue weighted by atomic mass is 19.1. The third-order valence-corrected chi connectivity index (χ3v) is 4.69. The molecular weight excluding hydrogens is 255 g/mol. The number of nitrogens with zero attached hydrogens (tertiary/aromatic N) is 2. The number of hydrogen-bond acceptors (Lipinski definition) is 2. The fourth-order valence-electron chi connectivity index (χ4n) is 3.66. The summed E-state index contributed by atoms with van der Waals surface area (Å²) in [6.07, 6.45) is 4.39. The minimum absolute atomic E-state index is 0.147. The van der Waals surface area contributed by atoms with E-state index in [2.05, 4.69) is 11.9 Å². The van der Waals surface area contributed by atoms with Crippen molar-refractivity contribution >= 4 is 5.91 Å². The molecule has 2 heterocycles. The molecule has 1 aromatic rings. The summed E-state index contributed by atoms with van der Waals surface area (Å²) in [4.78, 5) is 16.8. The molecule has 2 aliphatic rings. The van der Waals surface area contributed by atoms with Gasteiger partial charge in [0.15, 0.2) is 0 Å². The topological polar surface area (TPSA) is 23.6 Å². The molecular formula is C16H21FN2O. The molecule has 4 heteroatoms. The third-order valence-electron chi connectivity index (χ3n) is 4.69. The Hall–Kier alpha value is -1.42. The van der Waals surface area contributed by atoms with E-state index in [0.29, 0.717) is 6.04 Å². The molecule has 2 atom stereocenters. The second-order valence-electron chi connectivity index (χ2n) is 5.88. The maximum absolute atomic E-state index is 13.8. The molecule has 2 fully saturated rings. The van der Waals surface area contributed by atoms with E-state index in [0.717, 1.165) is 32.4 Å². The van der Waals surface area contributed by atoms with Crippen LogP contribution in [0.15, 0.2) is 24.3 Å². The van der Waals surface area contributed by atoms with Gasteiger partial charge in [-0.25, -0.2) is 4.39 Å². The second kappa shape index (κ2) is 5.52. The summed E-state index contributed by atoms with van der Waals surface area (Å²) in [5, 5.41) is 0. The van der Waals surface area contributed by atoms with Crippen LogP contribution in [0.1, 0.15) is 36.0 Å². The predicted molar refractivity (Wildman–Crippen MR) is 76.1 cm³/mol. The highest BCUT2D eigenvalue weighted by molar-refractivity contribution is 5.94. The first-order valence-electron chi connectivity index (χ1n) is 7.44. The zero-order valence-corrected chi connectivity index (χ0v) is 11.9. The summed E-state index contributed by atoms with van der Waals surface area (Å²) < 4.78 is 13.8. The summed E-state index contributed by atoms with van der Waals surface area (Å²) in [6.45, 7) is 1.85.